The van der Waals surface area contributed by atoms with Gasteiger partial charge in [-0.05, 0) is 132 Å². The van der Waals surface area contributed by atoms with Crippen LogP contribution in [0.1, 0.15) is 139 Å². The molecule has 0 radical (unpaired) electrons. The third-order valence-corrected chi connectivity index (χ3v) is 15.2. The van der Waals surface area contributed by atoms with Crippen LogP contribution in [0.15, 0.2) is 97.6 Å². The number of benzene rings is 3. The van der Waals surface area contributed by atoms with E-state index >= 15 is 0 Å². The van der Waals surface area contributed by atoms with Gasteiger partial charge in [-0.15, -0.1) is 11.3 Å². The number of ketones is 1. The van der Waals surface area contributed by atoms with E-state index in [4.69, 9.17) is 18.9 Å². The molecule has 1 saturated carbocycles. The fourth-order valence-corrected chi connectivity index (χ4v) is 10.6. The summed E-state index contributed by atoms with van der Waals surface area (Å²) in [5.74, 6) is 1.98. The Kier molecular flexibility index (Phi) is 21.6. The Balaban J connectivity index is 0.663. The van der Waals surface area contributed by atoms with Crippen LogP contribution in [0, 0.1) is 5.92 Å². The lowest BCUT2D eigenvalue weighted by Crippen LogP contribution is -2.55. The smallest absolute Gasteiger partial charge is 0.251 e. The van der Waals surface area contributed by atoms with E-state index in [1.807, 2.05) is 54.3 Å². The molecule has 2 fully saturated rings. The van der Waals surface area contributed by atoms with Crippen molar-refractivity contribution in [2.75, 3.05) is 58.6 Å². The van der Waals surface area contributed by atoms with Crippen LogP contribution in [0.5, 0.6) is 11.5 Å². The molecule has 20 heteroatoms. The fourth-order valence-electron chi connectivity index (χ4n) is 9.60. The average molecular weight is 1080 g/mol. The number of thiazole rings is 1. The molecule has 414 valence electrons. The number of unbranched alkanes of at least 4 members (excludes halogenated alkanes) is 2. The number of rotatable bonds is 30. The van der Waals surface area contributed by atoms with Gasteiger partial charge in [0.25, 0.3) is 5.91 Å². The van der Waals surface area contributed by atoms with Gasteiger partial charge in [0.05, 0.1) is 42.8 Å². The molecule has 3 amide bonds. The number of hydrogen-bond acceptors (Lipinski definition) is 16. The number of likely N-dealkylation sites (N-methyl/N-ethyl adjacent to an activating group) is 1. The van der Waals surface area contributed by atoms with Crippen molar-refractivity contribution in [3.63, 3.8) is 0 Å². The first-order chi connectivity index (χ1) is 38.1. The SMILES string of the molecule is CN[C@@H](C)C(=O)N[C@H](C(=O)N1CCC[C@H]1c1ncc(C(=O)c2cccc(OCCOCCCOCCCCCOc3cccc([C@@H](C)NC(=O)c4cccc(NCc5nc(-c6ccncn6)n[nH]5)c4)c3)c2)s1)C1CCCCC1. The van der Waals surface area contributed by atoms with E-state index in [1.54, 1.807) is 62.8 Å². The maximum absolute atomic E-state index is 14.2. The van der Waals surface area contributed by atoms with Crippen molar-refractivity contribution in [2.45, 2.75) is 115 Å². The molecular formula is C58H73N11O8S. The summed E-state index contributed by atoms with van der Waals surface area (Å²) in [7, 11) is 1.74. The van der Waals surface area contributed by atoms with Gasteiger partial charge in [-0.2, -0.15) is 5.10 Å². The van der Waals surface area contributed by atoms with E-state index in [9.17, 15) is 19.2 Å². The lowest BCUT2D eigenvalue weighted by Gasteiger charge is -2.35. The molecule has 6 aromatic rings. The molecule has 5 N–H and O–H groups in total. The van der Waals surface area contributed by atoms with E-state index in [1.165, 1.54) is 17.7 Å². The first-order valence-electron chi connectivity index (χ1n) is 27.4. The van der Waals surface area contributed by atoms with E-state index in [0.29, 0.717) is 91.8 Å². The maximum Gasteiger partial charge on any atom is 0.251 e. The number of ether oxygens (including phenoxy) is 4. The Morgan fingerprint density at radius 2 is 1.53 bits per heavy atom. The number of aromatic amines is 1. The Morgan fingerprint density at radius 3 is 2.35 bits per heavy atom. The van der Waals surface area contributed by atoms with Crippen molar-refractivity contribution in [2.24, 2.45) is 5.92 Å². The van der Waals surface area contributed by atoms with Gasteiger partial charge in [0.2, 0.25) is 17.6 Å². The normalized spacial score (nSPS) is 15.8. The number of anilines is 1. The van der Waals surface area contributed by atoms with Crippen molar-refractivity contribution in [3.05, 3.63) is 130 Å². The molecule has 1 aliphatic carbocycles. The molecule has 3 aromatic carbocycles. The molecule has 2 aliphatic rings. The standard InChI is InChI=1S/C58H73N11O8S/c1-39(64-56(72)44-19-10-20-45(33-44)61-37-51-65-54(68-67-51)48-24-25-60-38-63-48)42-17-11-21-46(34-42)76-30-9-5-8-27-74-28-14-29-75-31-32-77-47-22-12-18-43(35-47)53(70)50-36-62-57(78-50)49-23-13-26-69(49)58(73)52(41-15-6-4-7-16-41)66-55(71)40(2)59-3/h10-12,17-22,24-25,33-36,38-41,49,52,59,61H,4-9,13-16,23,26-32,37H2,1-3H3,(H,64,72)(H,66,71)(H,65,67,68)/t39-,40+,49+,52+/m1/s1. The summed E-state index contributed by atoms with van der Waals surface area (Å²) in [4.78, 5) is 73.8. The van der Waals surface area contributed by atoms with Crippen LogP contribution >= 0.6 is 11.3 Å². The van der Waals surface area contributed by atoms with E-state index in [0.717, 1.165) is 92.6 Å². The molecule has 0 unspecified atom stereocenters. The number of H-pyrrole nitrogens is 1. The number of amides is 3. The molecule has 8 rings (SSSR count). The highest BCUT2D eigenvalue weighted by atomic mass is 32.1. The summed E-state index contributed by atoms with van der Waals surface area (Å²) in [5.41, 5.74) is 3.37. The van der Waals surface area contributed by atoms with Crippen LogP contribution in [0.25, 0.3) is 11.5 Å². The zero-order chi connectivity index (χ0) is 54.5. The Bertz CT molecular complexity index is 2860. The zero-order valence-electron chi connectivity index (χ0n) is 44.9. The summed E-state index contributed by atoms with van der Waals surface area (Å²) < 4.78 is 23.6. The van der Waals surface area contributed by atoms with Gasteiger partial charge in [0.1, 0.15) is 47.0 Å². The van der Waals surface area contributed by atoms with Gasteiger partial charge >= 0.3 is 0 Å². The summed E-state index contributed by atoms with van der Waals surface area (Å²) in [5, 5.41) is 20.4. The molecule has 4 heterocycles. The molecule has 0 spiro atoms. The van der Waals surface area contributed by atoms with Gasteiger partial charge in [-0.3, -0.25) is 24.3 Å². The van der Waals surface area contributed by atoms with Crippen molar-refractivity contribution < 1.29 is 38.1 Å². The maximum atomic E-state index is 14.2. The molecule has 19 nitrogen and oxygen atoms in total. The van der Waals surface area contributed by atoms with Crippen LogP contribution in [0.2, 0.25) is 0 Å². The third-order valence-electron chi connectivity index (χ3n) is 14.1. The van der Waals surface area contributed by atoms with Crippen molar-refractivity contribution in [1.82, 2.24) is 51.0 Å². The topological polar surface area (TPSA) is 237 Å². The fraction of sp³-hybridized carbons (Fsp3) is 0.466. The lowest BCUT2D eigenvalue weighted by atomic mass is 9.83. The highest BCUT2D eigenvalue weighted by Gasteiger charge is 2.40. The molecule has 4 atom stereocenters. The Labute approximate surface area is 460 Å². The minimum Gasteiger partial charge on any atom is -0.494 e. The molecular weight excluding hydrogens is 1010 g/mol. The number of hydrogen-bond donors (Lipinski definition) is 5. The second-order valence-electron chi connectivity index (χ2n) is 19.7. The van der Waals surface area contributed by atoms with Crippen molar-refractivity contribution in [3.8, 4) is 23.0 Å². The van der Waals surface area contributed by atoms with Crippen LogP contribution in [0.3, 0.4) is 0 Å². The summed E-state index contributed by atoms with van der Waals surface area (Å²) in [6.07, 6.45) is 14.9. The molecule has 1 aliphatic heterocycles. The van der Waals surface area contributed by atoms with Crippen LogP contribution in [-0.2, 0) is 25.6 Å². The number of carbonyl (C=O) groups is 4. The van der Waals surface area contributed by atoms with Gasteiger partial charge in [0.15, 0.2) is 5.82 Å². The molecule has 3 aromatic heterocycles. The van der Waals surface area contributed by atoms with E-state index < -0.39 is 12.1 Å². The average Bonchev–Trinajstić information content (AvgIpc) is 4.31. The van der Waals surface area contributed by atoms with Crippen LogP contribution in [-0.4, -0.2) is 124 Å². The Hall–Kier alpha value is -7.13. The second kappa shape index (κ2) is 29.6. The zero-order valence-corrected chi connectivity index (χ0v) is 45.7. The lowest BCUT2D eigenvalue weighted by molar-refractivity contribution is -0.139. The monoisotopic (exact) mass is 1080 g/mol. The van der Waals surface area contributed by atoms with Gasteiger partial charge in [0, 0.05) is 55.6 Å². The third kappa shape index (κ3) is 16.5. The van der Waals surface area contributed by atoms with E-state index in [2.05, 4.69) is 51.4 Å². The summed E-state index contributed by atoms with van der Waals surface area (Å²) in [6, 6.07) is 22.5. The first kappa shape index (κ1) is 57.1. The van der Waals surface area contributed by atoms with Crippen molar-refractivity contribution >= 4 is 40.5 Å². The van der Waals surface area contributed by atoms with Crippen molar-refractivity contribution in [1.29, 1.82) is 0 Å². The van der Waals surface area contributed by atoms with Crippen LogP contribution in [0.4, 0.5) is 5.69 Å². The summed E-state index contributed by atoms with van der Waals surface area (Å²) >= 11 is 1.33. The molecule has 1 saturated heterocycles. The minimum atomic E-state index is -0.579. The summed E-state index contributed by atoms with van der Waals surface area (Å²) in [6.45, 7) is 7.86. The van der Waals surface area contributed by atoms with Crippen LogP contribution < -0.4 is 30.7 Å². The predicted octanol–water partition coefficient (Wildman–Crippen LogP) is 8.44. The number of aromatic nitrogens is 6. The molecule has 78 heavy (non-hydrogen) atoms. The minimum absolute atomic E-state index is 0.0554. The second-order valence-corrected chi connectivity index (χ2v) is 20.8. The first-order valence-corrected chi connectivity index (χ1v) is 28.2. The predicted molar refractivity (Wildman–Crippen MR) is 297 cm³/mol. The molecule has 0 bridgehead atoms. The van der Waals surface area contributed by atoms with Gasteiger partial charge in [-0.25, -0.2) is 19.9 Å². The van der Waals surface area contributed by atoms with Gasteiger partial charge < -0.3 is 45.1 Å². The number of likely N-dealkylation sites (tertiary alicyclic amines) is 1. The quantitative estimate of drug-likeness (QED) is 0.0210. The number of carbonyl (C=O) groups excluding carboxylic acids is 4. The highest BCUT2D eigenvalue weighted by molar-refractivity contribution is 7.14. The number of nitrogens with zero attached hydrogens (tertiary/aromatic N) is 6. The Morgan fingerprint density at radius 1 is 0.769 bits per heavy atom. The highest BCUT2D eigenvalue weighted by Crippen LogP contribution is 2.37. The number of nitrogens with one attached hydrogen (secondary N) is 5. The van der Waals surface area contributed by atoms with Gasteiger partial charge in [-0.1, -0.05) is 49.6 Å². The largest absolute Gasteiger partial charge is 0.494 e. The van der Waals surface area contributed by atoms with E-state index in [-0.39, 0.29) is 41.5 Å².